The molecule has 0 unspecified atom stereocenters. The van der Waals surface area contributed by atoms with Gasteiger partial charge in [0, 0.05) is 11.6 Å². The fraction of sp³-hybridized carbons (Fsp3) is 0.538. The Morgan fingerprint density at radius 2 is 2.12 bits per heavy atom. The Bertz CT molecular complexity index is 450. The van der Waals surface area contributed by atoms with Crippen molar-refractivity contribution in [3.8, 4) is 11.5 Å². The smallest absolute Gasteiger partial charge is 0.142 e. The topological polar surface area (TPSA) is 29.5 Å². The number of hydrogen-bond donors (Lipinski definition) is 1. The van der Waals surface area contributed by atoms with E-state index in [1.54, 1.807) is 6.07 Å². The van der Waals surface area contributed by atoms with Crippen LogP contribution in [0.15, 0.2) is 6.07 Å². The van der Waals surface area contributed by atoms with Crippen molar-refractivity contribution in [2.75, 3.05) is 0 Å². The highest BCUT2D eigenvalue weighted by atomic mass is 35.5. The van der Waals surface area contributed by atoms with Crippen molar-refractivity contribution in [2.45, 2.75) is 44.6 Å². The summed E-state index contributed by atoms with van der Waals surface area (Å²) in [4.78, 5) is 0. The van der Waals surface area contributed by atoms with Gasteiger partial charge in [-0.2, -0.15) is 0 Å². The summed E-state index contributed by atoms with van der Waals surface area (Å²) in [6.45, 7) is 1.92. The summed E-state index contributed by atoms with van der Waals surface area (Å²) >= 11 is 6.14. The van der Waals surface area contributed by atoms with Crippen LogP contribution < -0.4 is 4.74 Å². The van der Waals surface area contributed by atoms with Crippen molar-refractivity contribution in [3.05, 3.63) is 22.2 Å². The largest absolute Gasteiger partial charge is 0.508 e. The Morgan fingerprint density at radius 1 is 1.38 bits per heavy atom. The average Bonchev–Trinajstić information content (AvgIpc) is 2.23. The molecule has 0 aromatic heterocycles. The van der Waals surface area contributed by atoms with Crippen molar-refractivity contribution >= 4 is 11.6 Å². The molecule has 1 aliphatic heterocycles. The Kier molecular flexibility index (Phi) is 2.12. The molecule has 3 rings (SSSR count). The zero-order valence-corrected chi connectivity index (χ0v) is 10.1. The molecule has 1 heterocycles. The molecule has 86 valence electrons. The molecule has 16 heavy (non-hydrogen) atoms. The standard InChI is InChI=1S/C13H15ClO2/c1-8-9-3-6-13(4-2-5-13)16-12(9)10(14)7-11(8)15/h7,15H,2-6H2,1H3. The van der Waals surface area contributed by atoms with Crippen LogP contribution >= 0.6 is 11.6 Å². The molecular weight excluding hydrogens is 224 g/mol. The van der Waals surface area contributed by atoms with Gasteiger partial charge in [-0.15, -0.1) is 0 Å². The van der Waals surface area contributed by atoms with E-state index in [1.165, 1.54) is 6.42 Å². The van der Waals surface area contributed by atoms with Crippen LogP contribution in [-0.2, 0) is 6.42 Å². The summed E-state index contributed by atoms with van der Waals surface area (Å²) in [5, 5.41) is 10.3. The Morgan fingerprint density at radius 3 is 2.75 bits per heavy atom. The molecule has 0 atom stereocenters. The lowest BCUT2D eigenvalue weighted by Gasteiger charge is -2.45. The van der Waals surface area contributed by atoms with Gasteiger partial charge in [0.2, 0.25) is 0 Å². The number of halogens is 1. The molecule has 2 nitrogen and oxygen atoms in total. The quantitative estimate of drug-likeness (QED) is 0.748. The highest BCUT2D eigenvalue weighted by molar-refractivity contribution is 6.32. The maximum Gasteiger partial charge on any atom is 0.142 e. The molecule has 0 radical (unpaired) electrons. The van der Waals surface area contributed by atoms with Crippen molar-refractivity contribution in [1.29, 1.82) is 0 Å². The molecule has 1 aliphatic carbocycles. The fourth-order valence-corrected chi connectivity index (χ4v) is 2.97. The van der Waals surface area contributed by atoms with Crippen molar-refractivity contribution in [1.82, 2.24) is 0 Å². The van der Waals surface area contributed by atoms with E-state index in [0.29, 0.717) is 5.02 Å². The van der Waals surface area contributed by atoms with Gasteiger partial charge >= 0.3 is 0 Å². The maximum absolute atomic E-state index is 9.72. The summed E-state index contributed by atoms with van der Waals surface area (Å²) in [6.07, 6.45) is 5.56. The summed E-state index contributed by atoms with van der Waals surface area (Å²) in [5.74, 6) is 1.08. The third kappa shape index (κ3) is 1.32. The van der Waals surface area contributed by atoms with Gasteiger partial charge in [-0.25, -0.2) is 0 Å². The van der Waals surface area contributed by atoms with E-state index in [-0.39, 0.29) is 11.4 Å². The first-order valence-corrected chi connectivity index (χ1v) is 6.19. The molecule has 1 N–H and O–H groups in total. The van der Waals surface area contributed by atoms with E-state index in [9.17, 15) is 5.11 Å². The third-order valence-corrected chi connectivity index (χ3v) is 4.29. The molecule has 0 saturated heterocycles. The minimum absolute atomic E-state index is 0.0556. The highest BCUT2D eigenvalue weighted by Crippen LogP contribution is 2.49. The number of hydrogen-bond acceptors (Lipinski definition) is 2. The lowest BCUT2D eigenvalue weighted by atomic mass is 9.74. The lowest BCUT2D eigenvalue weighted by Crippen LogP contribution is -2.45. The van der Waals surface area contributed by atoms with Crippen LogP contribution in [0.3, 0.4) is 0 Å². The number of rotatable bonds is 0. The molecule has 1 aromatic rings. The van der Waals surface area contributed by atoms with Crippen LogP contribution in [-0.4, -0.2) is 10.7 Å². The normalized spacial score (nSPS) is 21.1. The van der Waals surface area contributed by atoms with Crippen molar-refractivity contribution < 1.29 is 9.84 Å². The van der Waals surface area contributed by atoms with Crippen LogP contribution in [0.1, 0.15) is 36.8 Å². The molecule has 3 heteroatoms. The average molecular weight is 239 g/mol. The van der Waals surface area contributed by atoms with Crippen LogP contribution in [0.25, 0.3) is 0 Å². The van der Waals surface area contributed by atoms with Gasteiger partial charge in [-0.05, 0) is 44.6 Å². The summed E-state index contributed by atoms with van der Waals surface area (Å²) in [5.41, 5.74) is 2.05. The molecule has 1 saturated carbocycles. The van der Waals surface area contributed by atoms with E-state index >= 15 is 0 Å². The maximum atomic E-state index is 9.72. The molecular formula is C13H15ClO2. The van der Waals surface area contributed by atoms with Crippen molar-refractivity contribution in [2.24, 2.45) is 0 Å². The van der Waals surface area contributed by atoms with Gasteiger partial charge < -0.3 is 9.84 Å². The van der Waals surface area contributed by atoms with Crippen molar-refractivity contribution in [3.63, 3.8) is 0 Å². The summed E-state index contributed by atoms with van der Waals surface area (Å²) in [6, 6.07) is 1.59. The predicted octanol–water partition coefficient (Wildman–Crippen LogP) is 3.60. The van der Waals surface area contributed by atoms with Crippen LogP contribution in [0.4, 0.5) is 0 Å². The summed E-state index contributed by atoms with van der Waals surface area (Å²) < 4.78 is 6.08. The first-order chi connectivity index (χ1) is 7.61. The van der Waals surface area contributed by atoms with Gasteiger partial charge in [-0.1, -0.05) is 11.6 Å². The summed E-state index contributed by atoms with van der Waals surface area (Å²) in [7, 11) is 0. The second-order valence-electron chi connectivity index (χ2n) is 4.95. The van der Waals surface area contributed by atoms with E-state index in [1.807, 2.05) is 6.92 Å². The van der Waals surface area contributed by atoms with E-state index < -0.39 is 0 Å². The van der Waals surface area contributed by atoms with Gasteiger partial charge in [0.15, 0.2) is 0 Å². The van der Waals surface area contributed by atoms with E-state index in [0.717, 1.165) is 42.6 Å². The number of benzene rings is 1. The van der Waals surface area contributed by atoms with Gasteiger partial charge in [-0.3, -0.25) is 0 Å². The van der Waals surface area contributed by atoms with Gasteiger partial charge in [0.1, 0.15) is 17.1 Å². The Balaban J connectivity index is 2.07. The predicted molar refractivity (Wildman–Crippen MR) is 63.4 cm³/mol. The molecule has 0 bridgehead atoms. The first-order valence-electron chi connectivity index (χ1n) is 5.81. The van der Waals surface area contributed by atoms with Crippen LogP contribution in [0.2, 0.25) is 5.02 Å². The first kappa shape index (κ1) is 10.3. The Hall–Kier alpha value is -0.890. The molecule has 1 fully saturated rings. The minimum atomic E-state index is 0.0556. The van der Waals surface area contributed by atoms with Gasteiger partial charge in [0.05, 0.1) is 5.02 Å². The monoisotopic (exact) mass is 238 g/mol. The fourth-order valence-electron chi connectivity index (χ4n) is 2.72. The number of ether oxygens (including phenoxy) is 1. The SMILES string of the molecule is Cc1c(O)cc(Cl)c2c1CCC1(CCC1)O2. The molecule has 1 spiro atoms. The number of phenols is 1. The number of fused-ring (bicyclic) bond motifs is 1. The molecule has 1 aromatic carbocycles. The molecule has 0 amide bonds. The molecule has 2 aliphatic rings. The number of phenolic OH excluding ortho intramolecular Hbond substituents is 1. The highest BCUT2D eigenvalue weighted by Gasteiger charge is 2.43. The lowest BCUT2D eigenvalue weighted by molar-refractivity contribution is -0.0250. The van der Waals surface area contributed by atoms with Crippen LogP contribution in [0, 0.1) is 6.92 Å². The van der Waals surface area contributed by atoms with Gasteiger partial charge in [0.25, 0.3) is 0 Å². The second kappa shape index (κ2) is 3.30. The third-order valence-electron chi connectivity index (χ3n) is 4.01. The number of aromatic hydroxyl groups is 1. The zero-order valence-electron chi connectivity index (χ0n) is 9.35. The second-order valence-corrected chi connectivity index (χ2v) is 5.36. The van der Waals surface area contributed by atoms with E-state index in [2.05, 4.69) is 0 Å². The van der Waals surface area contributed by atoms with E-state index in [4.69, 9.17) is 16.3 Å². The minimum Gasteiger partial charge on any atom is -0.508 e. The van der Waals surface area contributed by atoms with Crippen LogP contribution in [0.5, 0.6) is 11.5 Å². The zero-order chi connectivity index (χ0) is 11.3. The Labute approximate surface area is 100 Å².